The molecule has 1 aromatic carbocycles. The zero-order chi connectivity index (χ0) is 11.6. The normalized spacial score (nSPS) is 10.6. The number of ether oxygens (including phenoxy) is 1. The molecule has 0 aliphatic heterocycles. The maximum Gasteiger partial charge on any atom is 0.330 e. The van der Waals surface area contributed by atoms with Gasteiger partial charge in [0.1, 0.15) is 0 Å². The summed E-state index contributed by atoms with van der Waals surface area (Å²) in [4.78, 5) is 11.3. The third-order valence-corrected chi connectivity index (χ3v) is 2.20. The predicted octanol–water partition coefficient (Wildman–Crippen LogP) is 3.43. The number of rotatable bonds is 6. The Morgan fingerprint density at radius 3 is 2.69 bits per heavy atom. The molecule has 1 aromatic rings. The standard InChI is InChI=1S/C14H18O2/c1-2-3-7-12-16-14(15)11-10-13-8-5-4-6-9-13/h4-6,8-11H,2-3,7,12H2,1H3. The Morgan fingerprint density at radius 2 is 2.00 bits per heavy atom. The van der Waals surface area contributed by atoms with Gasteiger partial charge in [0.15, 0.2) is 0 Å². The minimum absolute atomic E-state index is 0.264. The van der Waals surface area contributed by atoms with Crippen molar-refractivity contribution in [2.45, 2.75) is 26.2 Å². The van der Waals surface area contributed by atoms with Gasteiger partial charge in [-0.2, -0.15) is 0 Å². The van der Waals surface area contributed by atoms with Crippen molar-refractivity contribution >= 4 is 12.0 Å². The fraction of sp³-hybridized carbons (Fsp3) is 0.357. The predicted molar refractivity (Wildman–Crippen MR) is 66.0 cm³/mol. The number of unbranched alkanes of at least 4 members (excludes halogenated alkanes) is 2. The second-order valence-corrected chi connectivity index (χ2v) is 3.62. The number of carbonyl (C=O) groups is 1. The highest BCUT2D eigenvalue weighted by atomic mass is 16.5. The van der Waals surface area contributed by atoms with Crippen molar-refractivity contribution in [1.82, 2.24) is 0 Å². The summed E-state index contributed by atoms with van der Waals surface area (Å²) in [5.41, 5.74) is 1.01. The van der Waals surface area contributed by atoms with E-state index in [0.717, 1.165) is 24.8 Å². The van der Waals surface area contributed by atoms with Crippen LogP contribution in [0.4, 0.5) is 0 Å². The molecular weight excluding hydrogens is 200 g/mol. The Hall–Kier alpha value is -1.57. The van der Waals surface area contributed by atoms with E-state index < -0.39 is 0 Å². The molecule has 0 aromatic heterocycles. The third-order valence-electron chi connectivity index (χ3n) is 2.20. The smallest absolute Gasteiger partial charge is 0.330 e. The quantitative estimate of drug-likeness (QED) is 0.415. The Balaban J connectivity index is 2.26. The van der Waals surface area contributed by atoms with E-state index in [4.69, 9.17) is 4.74 Å². The van der Waals surface area contributed by atoms with Crippen LogP contribution in [0.15, 0.2) is 36.4 Å². The van der Waals surface area contributed by atoms with Crippen molar-refractivity contribution in [3.05, 3.63) is 42.0 Å². The van der Waals surface area contributed by atoms with Gasteiger partial charge in [0, 0.05) is 6.08 Å². The number of carbonyl (C=O) groups excluding carboxylic acids is 1. The first-order valence-corrected chi connectivity index (χ1v) is 5.73. The molecule has 0 amide bonds. The molecule has 0 spiro atoms. The average molecular weight is 218 g/mol. The van der Waals surface area contributed by atoms with Gasteiger partial charge in [-0.05, 0) is 18.1 Å². The maximum absolute atomic E-state index is 11.3. The zero-order valence-electron chi connectivity index (χ0n) is 9.69. The number of hydrogen-bond donors (Lipinski definition) is 0. The van der Waals surface area contributed by atoms with Gasteiger partial charge in [0.2, 0.25) is 0 Å². The second kappa shape index (κ2) is 7.69. The molecule has 0 radical (unpaired) electrons. The van der Waals surface area contributed by atoms with E-state index in [0.29, 0.717) is 6.61 Å². The van der Waals surface area contributed by atoms with E-state index in [1.165, 1.54) is 6.08 Å². The molecule has 0 heterocycles. The molecule has 16 heavy (non-hydrogen) atoms. The molecule has 0 unspecified atom stereocenters. The van der Waals surface area contributed by atoms with Crippen LogP contribution >= 0.6 is 0 Å². The fourth-order valence-corrected chi connectivity index (χ4v) is 1.30. The van der Waals surface area contributed by atoms with Crippen molar-refractivity contribution in [2.75, 3.05) is 6.61 Å². The van der Waals surface area contributed by atoms with Crippen LogP contribution in [0.2, 0.25) is 0 Å². The lowest BCUT2D eigenvalue weighted by Gasteiger charge is -2.00. The van der Waals surface area contributed by atoms with Crippen molar-refractivity contribution < 1.29 is 9.53 Å². The summed E-state index contributed by atoms with van der Waals surface area (Å²) in [5, 5.41) is 0. The molecule has 0 atom stereocenters. The summed E-state index contributed by atoms with van der Waals surface area (Å²) in [6, 6.07) is 9.71. The molecule has 86 valence electrons. The van der Waals surface area contributed by atoms with Crippen molar-refractivity contribution in [3.8, 4) is 0 Å². The van der Waals surface area contributed by atoms with E-state index in [1.54, 1.807) is 6.08 Å². The summed E-state index contributed by atoms with van der Waals surface area (Å²) in [6.07, 6.45) is 6.43. The molecular formula is C14H18O2. The Bertz CT molecular complexity index is 328. The van der Waals surface area contributed by atoms with Gasteiger partial charge in [-0.25, -0.2) is 4.79 Å². The van der Waals surface area contributed by atoms with Crippen LogP contribution in [0, 0.1) is 0 Å². The lowest BCUT2D eigenvalue weighted by molar-refractivity contribution is -0.137. The molecule has 1 rings (SSSR count). The van der Waals surface area contributed by atoms with Crippen LogP contribution in [0.1, 0.15) is 31.7 Å². The molecule has 0 N–H and O–H groups in total. The van der Waals surface area contributed by atoms with E-state index in [2.05, 4.69) is 6.92 Å². The average Bonchev–Trinajstić information content (AvgIpc) is 2.33. The summed E-state index contributed by atoms with van der Waals surface area (Å²) in [6.45, 7) is 2.64. The first-order chi connectivity index (χ1) is 7.83. The molecule has 2 nitrogen and oxygen atoms in total. The topological polar surface area (TPSA) is 26.3 Å². The first kappa shape index (κ1) is 12.5. The van der Waals surface area contributed by atoms with Crippen molar-refractivity contribution in [3.63, 3.8) is 0 Å². The monoisotopic (exact) mass is 218 g/mol. The molecule has 0 saturated carbocycles. The minimum atomic E-state index is -0.264. The Kier molecular flexibility index (Phi) is 6.00. The number of esters is 1. The minimum Gasteiger partial charge on any atom is -0.463 e. The van der Waals surface area contributed by atoms with Crippen LogP contribution in [0.25, 0.3) is 6.08 Å². The number of benzene rings is 1. The van der Waals surface area contributed by atoms with Crippen LogP contribution in [0.3, 0.4) is 0 Å². The third kappa shape index (κ3) is 5.35. The second-order valence-electron chi connectivity index (χ2n) is 3.62. The SMILES string of the molecule is CCCCCOC(=O)C=Cc1ccccc1. The van der Waals surface area contributed by atoms with E-state index >= 15 is 0 Å². The van der Waals surface area contributed by atoms with Crippen molar-refractivity contribution in [2.24, 2.45) is 0 Å². The molecule has 0 aliphatic carbocycles. The summed E-state index contributed by atoms with van der Waals surface area (Å²) in [5.74, 6) is -0.264. The highest BCUT2D eigenvalue weighted by molar-refractivity contribution is 5.86. The van der Waals surface area contributed by atoms with Gasteiger partial charge >= 0.3 is 5.97 Å². The number of hydrogen-bond acceptors (Lipinski definition) is 2. The first-order valence-electron chi connectivity index (χ1n) is 5.73. The molecule has 0 saturated heterocycles. The largest absolute Gasteiger partial charge is 0.463 e. The lowest BCUT2D eigenvalue weighted by atomic mass is 10.2. The van der Waals surface area contributed by atoms with Crippen LogP contribution in [0.5, 0.6) is 0 Å². The van der Waals surface area contributed by atoms with E-state index in [-0.39, 0.29) is 5.97 Å². The van der Waals surface area contributed by atoms with Gasteiger partial charge in [0.05, 0.1) is 6.61 Å². The highest BCUT2D eigenvalue weighted by Gasteiger charge is 1.95. The Morgan fingerprint density at radius 1 is 1.25 bits per heavy atom. The Labute approximate surface area is 96.9 Å². The van der Waals surface area contributed by atoms with E-state index in [1.807, 2.05) is 30.3 Å². The van der Waals surface area contributed by atoms with E-state index in [9.17, 15) is 4.79 Å². The summed E-state index contributed by atoms with van der Waals surface area (Å²) < 4.78 is 5.04. The van der Waals surface area contributed by atoms with Gasteiger partial charge in [-0.1, -0.05) is 50.1 Å². The van der Waals surface area contributed by atoms with Crippen molar-refractivity contribution in [1.29, 1.82) is 0 Å². The van der Waals surface area contributed by atoms with Gasteiger partial charge in [-0.15, -0.1) is 0 Å². The highest BCUT2D eigenvalue weighted by Crippen LogP contribution is 2.01. The van der Waals surface area contributed by atoms with Gasteiger partial charge in [0.25, 0.3) is 0 Å². The van der Waals surface area contributed by atoms with Crippen LogP contribution < -0.4 is 0 Å². The fourth-order valence-electron chi connectivity index (χ4n) is 1.30. The zero-order valence-corrected chi connectivity index (χ0v) is 9.69. The molecule has 0 fully saturated rings. The van der Waals surface area contributed by atoms with Gasteiger partial charge in [-0.3, -0.25) is 0 Å². The lowest BCUT2D eigenvalue weighted by Crippen LogP contribution is -2.01. The van der Waals surface area contributed by atoms with Crippen LogP contribution in [-0.4, -0.2) is 12.6 Å². The summed E-state index contributed by atoms with van der Waals surface area (Å²) in [7, 11) is 0. The molecule has 0 bridgehead atoms. The van der Waals surface area contributed by atoms with Crippen LogP contribution in [-0.2, 0) is 9.53 Å². The molecule has 2 heteroatoms. The van der Waals surface area contributed by atoms with Gasteiger partial charge < -0.3 is 4.74 Å². The molecule has 0 aliphatic rings. The maximum atomic E-state index is 11.3. The summed E-state index contributed by atoms with van der Waals surface area (Å²) >= 11 is 0.